The highest BCUT2D eigenvalue weighted by atomic mass is 32.2. The number of rotatable bonds is 6. The van der Waals surface area contributed by atoms with Crippen LogP contribution in [0, 0.1) is 11.8 Å². The smallest absolute Gasteiger partial charge is 0.211 e. The van der Waals surface area contributed by atoms with E-state index < -0.39 is 10.0 Å². The van der Waals surface area contributed by atoms with Gasteiger partial charge in [0.25, 0.3) is 0 Å². The Balaban J connectivity index is 1.77. The van der Waals surface area contributed by atoms with Crippen molar-refractivity contribution in [3.05, 3.63) is 29.3 Å². The van der Waals surface area contributed by atoms with E-state index in [0.717, 1.165) is 40.5 Å². The Labute approximate surface area is 153 Å². The standard InChI is InChI=1S/C17H24N4O2S2/c1-12(2)8-16-20-10-15(24-16)17-14(18-5-6-19-17)9-13-4-7-21(11-13)25(3,22)23/h5-6,10,12-13H,4,7-9,11H2,1-3H3. The van der Waals surface area contributed by atoms with Crippen LogP contribution in [0.2, 0.25) is 0 Å². The fraction of sp³-hybridized carbons (Fsp3) is 0.588. The van der Waals surface area contributed by atoms with Gasteiger partial charge in [-0.15, -0.1) is 11.3 Å². The Bertz CT molecular complexity index is 833. The summed E-state index contributed by atoms with van der Waals surface area (Å²) in [5.41, 5.74) is 1.82. The first-order valence-electron chi connectivity index (χ1n) is 8.53. The number of hydrogen-bond acceptors (Lipinski definition) is 6. The van der Waals surface area contributed by atoms with Crippen molar-refractivity contribution >= 4 is 21.4 Å². The summed E-state index contributed by atoms with van der Waals surface area (Å²) in [6, 6.07) is 0. The molecule has 3 heterocycles. The summed E-state index contributed by atoms with van der Waals surface area (Å²) in [6.07, 6.45) is 9.14. The van der Waals surface area contributed by atoms with Crippen molar-refractivity contribution in [2.75, 3.05) is 19.3 Å². The summed E-state index contributed by atoms with van der Waals surface area (Å²) in [4.78, 5) is 14.6. The molecule has 1 fully saturated rings. The Hall–Kier alpha value is -1.38. The molecule has 0 saturated carbocycles. The van der Waals surface area contributed by atoms with Crippen molar-refractivity contribution in [1.29, 1.82) is 0 Å². The molecule has 0 amide bonds. The number of nitrogens with zero attached hydrogens (tertiary/aromatic N) is 4. The van der Waals surface area contributed by atoms with E-state index in [1.54, 1.807) is 28.0 Å². The van der Waals surface area contributed by atoms with Crippen LogP contribution < -0.4 is 0 Å². The van der Waals surface area contributed by atoms with Crippen molar-refractivity contribution in [2.45, 2.75) is 33.1 Å². The minimum absolute atomic E-state index is 0.285. The molecule has 1 aliphatic heterocycles. The van der Waals surface area contributed by atoms with E-state index in [1.807, 2.05) is 6.20 Å². The third-order valence-corrected chi connectivity index (χ3v) is 6.64. The third kappa shape index (κ3) is 4.62. The lowest BCUT2D eigenvalue weighted by atomic mass is 10.0. The summed E-state index contributed by atoms with van der Waals surface area (Å²) in [6.45, 7) is 5.53. The Morgan fingerprint density at radius 3 is 2.72 bits per heavy atom. The number of sulfonamides is 1. The molecule has 1 aliphatic rings. The summed E-state index contributed by atoms with van der Waals surface area (Å²) in [5, 5.41) is 1.12. The highest BCUT2D eigenvalue weighted by Crippen LogP contribution is 2.30. The molecule has 0 N–H and O–H groups in total. The minimum atomic E-state index is -3.11. The molecule has 0 aromatic carbocycles. The van der Waals surface area contributed by atoms with Crippen molar-refractivity contribution in [1.82, 2.24) is 19.3 Å². The van der Waals surface area contributed by atoms with Gasteiger partial charge in [0.15, 0.2) is 0 Å². The van der Waals surface area contributed by atoms with Crippen LogP contribution in [0.1, 0.15) is 31.0 Å². The minimum Gasteiger partial charge on any atom is -0.257 e. The molecule has 1 atom stereocenters. The molecule has 0 aliphatic carbocycles. The van der Waals surface area contributed by atoms with E-state index in [-0.39, 0.29) is 5.92 Å². The van der Waals surface area contributed by atoms with E-state index in [0.29, 0.717) is 19.0 Å². The van der Waals surface area contributed by atoms with Gasteiger partial charge in [0.2, 0.25) is 10.0 Å². The Kier molecular flexibility index (Phi) is 5.50. The quantitative estimate of drug-likeness (QED) is 0.770. The average molecular weight is 381 g/mol. The number of aromatic nitrogens is 3. The van der Waals surface area contributed by atoms with Crippen molar-refractivity contribution in [2.24, 2.45) is 11.8 Å². The van der Waals surface area contributed by atoms with Crippen molar-refractivity contribution < 1.29 is 8.42 Å². The predicted molar refractivity (Wildman–Crippen MR) is 99.9 cm³/mol. The van der Waals surface area contributed by atoms with Gasteiger partial charge in [-0.25, -0.2) is 17.7 Å². The summed E-state index contributed by atoms with van der Waals surface area (Å²) in [5.74, 6) is 0.856. The van der Waals surface area contributed by atoms with Crippen LogP contribution >= 0.6 is 11.3 Å². The van der Waals surface area contributed by atoms with Gasteiger partial charge in [-0.2, -0.15) is 0 Å². The zero-order valence-electron chi connectivity index (χ0n) is 14.8. The highest BCUT2D eigenvalue weighted by Gasteiger charge is 2.29. The molecular weight excluding hydrogens is 356 g/mol. The van der Waals surface area contributed by atoms with Crippen LogP contribution in [0.15, 0.2) is 18.6 Å². The zero-order valence-corrected chi connectivity index (χ0v) is 16.5. The Morgan fingerprint density at radius 1 is 1.28 bits per heavy atom. The van der Waals surface area contributed by atoms with Gasteiger partial charge in [0, 0.05) is 38.1 Å². The average Bonchev–Trinajstić information content (AvgIpc) is 3.16. The third-order valence-electron chi connectivity index (χ3n) is 4.34. The lowest BCUT2D eigenvalue weighted by Crippen LogP contribution is -2.27. The molecule has 2 aromatic heterocycles. The number of thiazole rings is 1. The van der Waals surface area contributed by atoms with Gasteiger partial charge >= 0.3 is 0 Å². The van der Waals surface area contributed by atoms with Gasteiger partial charge in [0.1, 0.15) is 5.69 Å². The van der Waals surface area contributed by atoms with Crippen LogP contribution in [0.25, 0.3) is 10.6 Å². The van der Waals surface area contributed by atoms with E-state index in [2.05, 4.69) is 28.8 Å². The first kappa shape index (κ1) is 18.4. The molecule has 136 valence electrons. The molecule has 1 unspecified atom stereocenters. The fourth-order valence-corrected chi connectivity index (χ4v) is 5.19. The van der Waals surface area contributed by atoms with E-state index in [4.69, 9.17) is 0 Å². The van der Waals surface area contributed by atoms with Gasteiger partial charge in [-0.1, -0.05) is 13.8 Å². The normalized spacial score (nSPS) is 19.0. The lowest BCUT2D eigenvalue weighted by molar-refractivity contribution is 0.459. The van der Waals surface area contributed by atoms with E-state index in [9.17, 15) is 8.42 Å². The zero-order chi connectivity index (χ0) is 18.0. The molecule has 0 bridgehead atoms. The predicted octanol–water partition coefficient (Wildman–Crippen LogP) is 2.62. The van der Waals surface area contributed by atoms with Crippen molar-refractivity contribution in [3.8, 4) is 10.6 Å². The maximum atomic E-state index is 11.7. The van der Waals surface area contributed by atoms with Gasteiger partial charge in [-0.05, 0) is 24.7 Å². The topological polar surface area (TPSA) is 76.1 Å². The Morgan fingerprint density at radius 2 is 2.04 bits per heavy atom. The van der Waals surface area contributed by atoms with Crippen LogP contribution in [-0.4, -0.2) is 47.0 Å². The molecule has 0 spiro atoms. The van der Waals surface area contributed by atoms with Crippen LogP contribution in [0.3, 0.4) is 0 Å². The molecule has 25 heavy (non-hydrogen) atoms. The molecule has 3 rings (SSSR count). The second-order valence-corrected chi connectivity index (χ2v) is 10.1. The molecule has 8 heteroatoms. The maximum Gasteiger partial charge on any atom is 0.211 e. The second kappa shape index (κ2) is 7.47. The summed E-state index contributed by atoms with van der Waals surface area (Å²) >= 11 is 1.67. The molecular formula is C17H24N4O2S2. The summed E-state index contributed by atoms with van der Waals surface area (Å²) < 4.78 is 25.0. The largest absolute Gasteiger partial charge is 0.257 e. The number of hydrogen-bond donors (Lipinski definition) is 0. The van der Waals surface area contributed by atoms with E-state index >= 15 is 0 Å². The van der Waals surface area contributed by atoms with Crippen LogP contribution in [-0.2, 0) is 22.9 Å². The van der Waals surface area contributed by atoms with Crippen LogP contribution in [0.5, 0.6) is 0 Å². The lowest BCUT2D eigenvalue weighted by Gasteiger charge is -2.13. The molecule has 1 saturated heterocycles. The van der Waals surface area contributed by atoms with Gasteiger partial charge in [0.05, 0.1) is 21.8 Å². The monoisotopic (exact) mass is 380 g/mol. The first-order chi connectivity index (χ1) is 11.8. The van der Waals surface area contributed by atoms with Gasteiger partial charge in [-0.3, -0.25) is 9.97 Å². The highest BCUT2D eigenvalue weighted by molar-refractivity contribution is 7.88. The maximum absolute atomic E-state index is 11.7. The molecule has 6 nitrogen and oxygen atoms in total. The summed E-state index contributed by atoms with van der Waals surface area (Å²) in [7, 11) is -3.11. The SMILES string of the molecule is CC(C)Cc1ncc(-c2nccnc2CC2CCN(S(C)(=O)=O)C2)s1. The molecule has 0 radical (unpaired) electrons. The molecule has 2 aromatic rings. The van der Waals surface area contributed by atoms with Crippen molar-refractivity contribution in [3.63, 3.8) is 0 Å². The van der Waals surface area contributed by atoms with Gasteiger partial charge < -0.3 is 0 Å². The second-order valence-electron chi connectivity index (χ2n) is 7.05. The van der Waals surface area contributed by atoms with Crippen LogP contribution in [0.4, 0.5) is 0 Å². The van der Waals surface area contributed by atoms with E-state index in [1.165, 1.54) is 6.26 Å². The fourth-order valence-electron chi connectivity index (χ4n) is 3.12. The first-order valence-corrected chi connectivity index (χ1v) is 11.2.